The van der Waals surface area contributed by atoms with Crippen molar-refractivity contribution in [3.8, 4) is 11.5 Å². The molecule has 3 aromatic rings. The molecular formula is C21H22N6O. The molecule has 28 heavy (non-hydrogen) atoms. The van der Waals surface area contributed by atoms with Crippen molar-refractivity contribution in [1.29, 1.82) is 10.9 Å². The number of amidine groups is 1. The third-order valence-corrected chi connectivity index (χ3v) is 4.12. The highest BCUT2D eigenvalue weighted by molar-refractivity contribution is 5.79. The van der Waals surface area contributed by atoms with Gasteiger partial charge in [-0.1, -0.05) is 12.1 Å². The number of aryl methyl sites for hydroxylation is 3. The van der Waals surface area contributed by atoms with Crippen LogP contribution in [0.3, 0.4) is 0 Å². The molecular weight excluding hydrogens is 352 g/mol. The Balaban J connectivity index is 1.70. The molecule has 142 valence electrons. The molecule has 0 unspecified atom stereocenters. The molecule has 1 aromatic carbocycles. The second-order valence-electron chi connectivity index (χ2n) is 6.40. The second kappa shape index (κ2) is 8.85. The van der Waals surface area contributed by atoms with Gasteiger partial charge in [-0.15, -0.1) is 5.11 Å². The van der Waals surface area contributed by atoms with Crippen LogP contribution in [0.5, 0.6) is 11.5 Å². The Morgan fingerprint density at radius 3 is 2.79 bits per heavy atom. The van der Waals surface area contributed by atoms with Crippen LogP contribution in [0, 0.1) is 24.8 Å². The van der Waals surface area contributed by atoms with Gasteiger partial charge in [-0.25, -0.2) is 10.5 Å². The van der Waals surface area contributed by atoms with Crippen LogP contribution in [-0.4, -0.2) is 15.8 Å². The molecule has 0 spiro atoms. The molecule has 0 atom stereocenters. The molecule has 3 rings (SSSR count). The number of rotatable bonds is 7. The van der Waals surface area contributed by atoms with E-state index in [9.17, 15) is 0 Å². The quantitative estimate of drug-likeness (QED) is 0.285. The predicted molar refractivity (Wildman–Crippen MR) is 109 cm³/mol. The Labute approximate surface area is 163 Å². The van der Waals surface area contributed by atoms with E-state index in [2.05, 4.69) is 20.4 Å². The van der Waals surface area contributed by atoms with Gasteiger partial charge in [-0.3, -0.25) is 10.4 Å². The monoisotopic (exact) mass is 374 g/mol. The first-order chi connectivity index (χ1) is 13.5. The summed E-state index contributed by atoms with van der Waals surface area (Å²) >= 11 is 0. The summed E-state index contributed by atoms with van der Waals surface area (Å²) < 4.78 is 5.95. The number of hydrogen-bond donors (Lipinski definition) is 3. The smallest absolute Gasteiger partial charge is 0.148 e. The van der Waals surface area contributed by atoms with Gasteiger partial charge in [0.05, 0.1) is 5.69 Å². The lowest BCUT2D eigenvalue weighted by atomic mass is 10.1. The lowest BCUT2D eigenvalue weighted by Gasteiger charge is -2.11. The molecule has 7 nitrogen and oxygen atoms in total. The summed E-state index contributed by atoms with van der Waals surface area (Å²) in [5, 5.41) is 13.9. The first-order valence-electron chi connectivity index (χ1n) is 8.92. The van der Waals surface area contributed by atoms with Crippen molar-refractivity contribution in [3.63, 3.8) is 0 Å². The molecule has 0 amide bonds. The van der Waals surface area contributed by atoms with E-state index in [4.69, 9.17) is 15.7 Å². The molecule has 7 heteroatoms. The Hall–Kier alpha value is -3.61. The molecule has 0 radical (unpaired) electrons. The number of pyridine rings is 2. The molecule has 0 aliphatic carbocycles. The summed E-state index contributed by atoms with van der Waals surface area (Å²) in [4.78, 5) is 8.77. The van der Waals surface area contributed by atoms with Gasteiger partial charge in [0, 0.05) is 30.1 Å². The number of anilines is 2. The van der Waals surface area contributed by atoms with Crippen molar-refractivity contribution in [3.05, 3.63) is 71.7 Å². The summed E-state index contributed by atoms with van der Waals surface area (Å²) in [6.45, 7) is 3.87. The van der Waals surface area contributed by atoms with Crippen LogP contribution in [0.2, 0.25) is 0 Å². The highest BCUT2D eigenvalue weighted by Gasteiger charge is 2.05. The van der Waals surface area contributed by atoms with E-state index in [0.717, 1.165) is 22.6 Å². The molecule has 0 aliphatic rings. The minimum atomic E-state index is 0.0748. The van der Waals surface area contributed by atoms with Crippen molar-refractivity contribution in [2.45, 2.75) is 26.7 Å². The zero-order valence-electron chi connectivity index (χ0n) is 15.9. The lowest BCUT2D eigenvalue weighted by Crippen LogP contribution is -1.98. The number of nitrogens with one attached hydrogen (secondary N) is 3. The molecule has 3 N–H and O–H groups in total. The number of aromatic nitrogens is 2. The summed E-state index contributed by atoms with van der Waals surface area (Å²) in [6.07, 6.45) is 2.79. The number of nitrogens with zero attached hydrogens (tertiary/aromatic N) is 3. The molecule has 0 fully saturated rings. The number of benzene rings is 1. The first-order valence-corrected chi connectivity index (χ1v) is 8.92. The van der Waals surface area contributed by atoms with Crippen LogP contribution in [0.15, 0.2) is 59.8 Å². The zero-order chi connectivity index (χ0) is 19.9. The number of hydrogen-bond acceptors (Lipinski definition) is 6. The van der Waals surface area contributed by atoms with Crippen molar-refractivity contribution in [2.24, 2.45) is 5.11 Å². The summed E-state index contributed by atoms with van der Waals surface area (Å²) in [6, 6.07) is 15.4. The Bertz CT molecular complexity index is 1000. The molecule has 2 aromatic heterocycles. The fourth-order valence-electron chi connectivity index (χ4n) is 2.72. The van der Waals surface area contributed by atoms with Gasteiger partial charge in [0.2, 0.25) is 0 Å². The van der Waals surface area contributed by atoms with E-state index in [1.54, 1.807) is 12.3 Å². The van der Waals surface area contributed by atoms with Gasteiger partial charge in [-0.05, 0) is 56.2 Å². The van der Waals surface area contributed by atoms with Gasteiger partial charge < -0.3 is 10.1 Å². The average Bonchev–Trinajstić information content (AvgIpc) is 2.69. The van der Waals surface area contributed by atoms with Crippen LogP contribution in [0.4, 0.5) is 11.5 Å². The van der Waals surface area contributed by atoms with Gasteiger partial charge in [0.25, 0.3) is 0 Å². The van der Waals surface area contributed by atoms with Gasteiger partial charge in [0.15, 0.2) is 0 Å². The van der Waals surface area contributed by atoms with E-state index in [-0.39, 0.29) is 5.84 Å². The fourth-order valence-corrected chi connectivity index (χ4v) is 2.72. The summed E-state index contributed by atoms with van der Waals surface area (Å²) in [5.41, 5.74) is 10.6. The average molecular weight is 374 g/mol. The first kappa shape index (κ1) is 19.2. The van der Waals surface area contributed by atoms with E-state index in [1.807, 2.05) is 56.3 Å². The highest BCUT2D eigenvalue weighted by atomic mass is 16.5. The Kier molecular flexibility index (Phi) is 6.06. The minimum Gasteiger partial charge on any atom is -0.455 e. The SMILES string of the molecule is Cc1ccc(Oc2ccnc(Nc3cccc(CCC(=N)N=N)c3)c2)c(C)n1. The van der Waals surface area contributed by atoms with Gasteiger partial charge in [-0.2, -0.15) is 0 Å². The number of ether oxygens (including phenoxy) is 1. The van der Waals surface area contributed by atoms with Crippen LogP contribution in [0.1, 0.15) is 23.4 Å². The Morgan fingerprint density at radius 1 is 1.14 bits per heavy atom. The highest BCUT2D eigenvalue weighted by Crippen LogP contribution is 2.26. The largest absolute Gasteiger partial charge is 0.455 e. The molecule has 0 bridgehead atoms. The lowest BCUT2D eigenvalue weighted by molar-refractivity contribution is 0.475. The van der Waals surface area contributed by atoms with E-state index in [1.165, 1.54) is 0 Å². The summed E-state index contributed by atoms with van der Waals surface area (Å²) in [7, 11) is 0. The maximum Gasteiger partial charge on any atom is 0.148 e. The van der Waals surface area contributed by atoms with E-state index < -0.39 is 0 Å². The minimum absolute atomic E-state index is 0.0748. The van der Waals surface area contributed by atoms with Crippen molar-refractivity contribution in [1.82, 2.24) is 9.97 Å². The van der Waals surface area contributed by atoms with Crippen LogP contribution in [0.25, 0.3) is 0 Å². The standard InChI is InChI=1S/C21H22N6O/c1-14-6-8-19(15(2)25-14)28-18-10-11-24-21(13-18)26-17-5-3-4-16(12-17)7-9-20(22)27-23/h3-6,8,10-13,22-23H,7,9H2,1-2H3,(H,24,26). The molecule has 0 saturated carbocycles. The third kappa shape index (κ3) is 5.20. The molecule has 2 heterocycles. The maximum atomic E-state index is 7.46. The van der Waals surface area contributed by atoms with Crippen LogP contribution < -0.4 is 10.1 Å². The van der Waals surface area contributed by atoms with Crippen molar-refractivity contribution < 1.29 is 4.74 Å². The predicted octanol–water partition coefficient (Wildman–Crippen LogP) is 5.57. The van der Waals surface area contributed by atoms with Gasteiger partial charge >= 0.3 is 0 Å². The third-order valence-electron chi connectivity index (χ3n) is 4.12. The normalized spacial score (nSPS) is 10.4. The second-order valence-corrected chi connectivity index (χ2v) is 6.40. The fraction of sp³-hybridized carbons (Fsp3) is 0.190. The molecule has 0 aliphatic heterocycles. The van der Waals surface area contributed by atoms with Crippen molar-refractivity contribution >= 4 is 17.3 Å². The van der Waals surface area contributed by atoms with E-state index >= 15 is 0 Å². The maximum absolute atomic E-state index is 7.46. The molecule has 0 saturated heterocycles. The Morgan fingerprint density at radius 2 is 2.00 bits per heavy atom. The van der Waals surface area contributed by atoms with Crippen LogP contribution in [-0.2, 0) is 6.42 Å². The van der Waals surface area contributed by atoms with Gasteiger partial charge in [0.1, 0.15) is 23.2 Å². The van der Waals surface area contributed by atoms with Crippen LogP contribution >= 0.6 is 0 Å². The van der Waals surface area contributed by atoms with Crippen molar-refractivity contribution in [2.75, 3.05) is 5.32 Å². The van der Waals surface area contributed by atoms with E-state index in [0.29, 0.717) is 30.2 Å². The topological polar surface area (TPSA) is 107 Å². The zero-order valence-corrected chi connectivity index (χ0v) is 15.9. The summed E-state index contributed by atoms with van der Waals surface area (Å²) in [5.74, 6) is 2.13.